The van der Waals surface area contributed by atoms with E-state index in [4.69, 9.17) is 0 Å². The second-order valence-corrected chi connectivity index (χ2v) is 8.10. The maximum atomic E-state index is 12.3. The molecule has 22 heavy (non-hydrogen) atoms. The molecule has 6 heteroatoms. The maximum absolute atomic E-state index is 12.3. The number of benzene rings is 1. The number of fused-ring (bicyclic) bond motifs is 2. The molecule has 5 nitrogen and oxygen atoms in total. The molecule has 1 N–H and O–H groups in total. The van der Waals surface area contributed by atoms with E-state index in [1.54, 1.807) is 24.3 Å². The average molecular weight is 323 g/mol. The lowest BCUT2D eigenvalue weighted by molar-refractivity contribution is 0.0600. The van der Waals surface area contributed by atoms with Crippen molar-refractivity contribution in [2.75, 3.05) is 7.11 Å². The van der Waals surface area contributed by atoms with Crippen LogP contribution in [0.4, 0.5) is 0 Å². The zero-order valence-corrected chi connectivity index (χ0v) is 13.4. The largest absolute Gasteiger partial charge is 0.465 e. The van der Waals surface area contributed by atoms with Crippen LogP contribution in [0.2, 0.25) is 0 Å². The molecule has 0 aliphatic heterocycles. The van der Waals surface area contributed by atoms with Gasteiger partial charge in [-0.2, -0.15) is 0 Å². The van der Waals surface area contributed by atoms with Gasteiger partial charge in [-0.25, -0.2) is 17.9 Å². The zero-order chi connectivity index (χ0) is 15.7. The molecule has 120 valence electrons. The Kier molecular flexibility index (Phi) is 4.23. The lowest BCUT2D eigenvalue weighted by Gasteiger charge is -2.22. The summed E-state index contributed by atoms with van der Waals surface area (Å²) in [4.78, 5) is 11.4. The standard InChI is InChI=1S/C16H21NO4S/c1-21-16(18)13-5-2-11(3-6-13)10-22(19,20)17-15-9-12-4-7-14(15)8-12/h2-3,5-6,12,14-15,17H,4,7-10H2,1H3/t12-,14-,15+/m0/s1. The summed E-state index contributed by atoms with van der Waals surface area (Å²) < 4.78 is 32.1. The quantitative estimate of drug-likeness (QED) is 0.842. The second kappa shape index (κ2) is 6.01. The highest BCUT2D eigenvalue weighted by Crippen LogP contribution is 2.44. The molecule has 1 aromatic rings. The van der Waals surface area contributed by atoms with Gasteiger partial charge in [0.15, 0.2) is 0 Å². The first kappa shape index (κ1) is 15.5. The summed E-state index contributed by atoms with van der Waals surface area (Å²) in [6, 6.07) is 6.61. The number of rotatable bonds is 5. The Morgan fingerprint density at radius 1 is 1.23 bits per heavy atom. The maximum Gasteiger partial charge on any atom is 0.337 e. The smallest absolute Gasteiger partial charge is 0.337 e. The van der Waals surface area contributed by atoms with Crippen LogP contribution in [0.15, 0.2) is 24.3 Å². The van der Waals surface area contributed by atoms with Gasteiger partial charge in [0.05, 0.1) is 18.4 Å². The number of hydrogen-bond acceptors (Lipinski definition) is 4. The number of ether oxygens (including phenoxy) is 1. The lowest BCUT2D eigenvalue weighted by atomic mass is 9.96. The number of nitrogens with one attached hydrogen (secondary N) is 1. The van der Waals surface area contributed by atoms with E-state index >= 15 is 0 Å². The first-order chi connectivity index (χ1) is 10.5. The summed E-state index contributed by atoms with van der Waals surface area (Å²) in [5, 5.41) is 0. The van der Waals surface area contributed by atoms with E-state index in [0.29, 0.717) is 23.0 Å². The lowest BCUT2D eigenvalue weighted by Crippen LogP contribution is -2.39. The van der Waals surface area contributed by atoms with Gasteiger partial charge in [-0.05, 0) is 48.8 Å². The van der Waals surface area contributed by atoms with Crippen molar-refractivity contribution in [2.24, 2.45) is 11.8 Å². The Labute approximate surface area is 131 Å². The fourth-order valence-electron chi connectivity index (χ4n) is 3.74. The van der Waals surface area contributed by atoms with Gasteiger partial charge >= 0.3 is 5.97 Å². The van der Waals surface area contributed by atoms with Crippen molar-refractivity contribution in [3.05, 3.63) is 35.4 Å². The molecular formula is C16H21NO4S. The Morgan fingerprint density at radius 3 is 2.50 bits per heavy atom. The van der Waals surface area contributed by atoms with Gasteiger partial charge < -0.3 is 4.74 Å². The van der Waals surface area contributed by atoms with Crippen LogP contribution in [0.25, 0.3) is 0 Å². The molecule has 3 rings (SSSR count). The van der Waals surface area contributed by atoms with Crippen LogP contribution in [-0.4, -0.2) is 27.5 Å². The minimum absolute atomic E-state index is 0.0532. The zero-order valence-electron chi connectivity index (χ0n) is 12.6. The van der Waals surface area contributed by atoms with Crippen molar-refractivity contribution < 1.29 is 17.9 Å². The minimum Gasteiger partial charge on any atom is -0.465 e. The number of sulfonamides is 1. The van der Waals surface area contributed by atoms with Gasteiger partial charge in [0.1, 0.15) is 0 Å². The number of carbonyl (C=O) groups is 1. The van der Waals surface area contributed by atoms with Gasteiger partial charge in [0.25, 0.3) is 0 Å². The normalized spacial score (nSPS) is 27.0. The Morgan fingerprint density at radius 2 is 1.95 bits per heavy atom. The van der Waals surface area contributed by atoms with Crippen molar-refractivity contribution in [1.29, 1.82) is 0 Å². The van der Waals surface area contributed by atoms with Gasteiger partial charge in [-0.15, -0.1) is 0 Å². The summed E-state index contributed by atoms with van der Waals surface area (Å²) in [7, 11) is -2.03. The van der Waals surface area contributed by atoms with Gasteiger partial charge in [-0.3, -0.25) is 0 Å². The number of methoxy groups -OCH3 is 1. The third-order valence-corrected chi connectivity index (χ3v) is 6.18. The predicted octanol–water partition coefficient (Wildman–Crippen LogP) is 2.08. The fraction of sp³-hybridized carbons (Fsp3) is 0.562. The van der Waals surface area contributed by atoms with Crippen molar-refractivity contribution in [3.63, 3.8) is 0 Å². The summed E-state index contributed by atoms with van der Waals surface area (Å²) in [6.45, 7) is 0. The van der Waals surface area contributed by atoms with Gasteiger partial charge in [-0.1, -0.05) is 18.6 Å². The summed E-state index contributed by atoms with van der Waals surface area (Å²) >= 11 is 0. The van der Waals surface area contributed by atoms with Crippen LogP contribution in [0.1, 0.15) is 41.6 Å². The van der Waals surface area contributed by atoms with Crippen LogP contribution < -0.4 is 4.72 Å². The summed E-state index contributed by atoms with van der Waals surface area (Å²) in [6.07, 6.45) is 4.54. The SMILES string of the molecule is COC(=O)c1ccc(CS(=O)(=O)N[C@@H]2C[C@H]3CC[C@H]2C3)cc1. The van der Waals surface area contributed by atoms with E-state index in [9.17, 15) is 13.2 Å². The Hall–Kier alpha value is -1.40. The summed E-state index contributed by atoms with van der Waals surface area (Å²) in [5.74, 6) is 0.746. The molecule has 2 saturated carbocycles. The molecule has 3 atom stereocenters. The van der Waals surface area contributed by atoms with E-state index in [2.05, 4.69) is 9.46 Å². The molecule has 2 aliphatic rings. The molecule has 1 aromatic carbocycles. The van der Waals surface area contributed by atoms with E-state index in [1.165, 1.54) is 20.0 Å². The molecule has 2 fully saturated rings. The topological polar surface area (TPSA) is 72.5 Å². The van der Waals surface area contributed by atoms with Crippen LogP contribution in [0, 0.1) is 11.8 Å². The first-order valence-corrected chi connectivity index (χ1v) is 9.29. The molecule has 0 spiro atoms. The average Bonchev–Trinajstić information content (AvgIpc) is 3.08. The molecule has 0 heterocycles. The van der Waals surface area contributed by atoms with Gasteiger partial charge in [0, 0.05) is 6.04 Å². The van der Waals surface area contributed by atoms with Crippen LogP contribution in [-0.2, 0) is 20.5 Å². The van der Waals surface area contributed by atoms with Crippen LogP contribution in [0.3, 0.4) is 0 Å². The van der Waals surface area contributed by atoms with E-state index in [1.807, 2.05) is 0 Å². The molecular weight excluding hydrogens is 302 g/mol. The molecule has 0 radical (unpaired) electrons. The van der Waals surface area contributed by atoms with E-state index in [0.717, 1.165) is 12.8 Å². The van der Waals surface area contributed by atoms with Crippen molar-refractivity contribution in [3.8, 4) is 0 Å². The minimum atomic E-state index is -3.35. The number of hydrogen-bond donors (Lipinski definition) is 1. The number of esters is 1. The van der Waals surface area contributed by atoms with Gasteiger partial charge in [0.2, 0.25) is 10.0 Å². The molecule has 0 saturated heterocycles. The fourth-order valence-corrected chi connectivity index (χ4v) is 5.20. The molecule has 0 unspecified atom stereocenters. The second-order valence-electron chi connectivity index (χ2n) is 6.35. The van der Waals surface area contributed by atoms with Crippen LogP contribution in [0.5, 0.6) is 0 Å². The monoisotopic (exact) mass is 323 g/mol. The van der Waals surface area contributed by atoms with Crippen LogP contribution >= 0.6 is 0 Å². The van der Waals surface area contributed by atoms with E-state index in [-0.39, 0.29) is 11.8 Å². The predicted molar refractivity (Wildman–Crippen MR) is 82.8 cm³/mol. The third-order valence-electron chi connectivity index (χ3n) is 4.80. The molecule has 2 aliphatic carbocycles. The first-order valence-electron chi connectivity index (χ1n) is 7.64. The third kappa shape index (κ3) is 3.33. The highest BCUT2D eigenvalue weighted by Gasteiger charge is 2.41. The molecule has 2 bridgehead atoms. The van der Waals surface area contributed by atoms with Crippen molar-refractivity contribution >= 4 is 16.0 Å². The van der Waals surface area contributed by atoms with Crippen molar-refractivity contribution in [2.45, 2.75) is 37.5 Å². The molecule has 0 amide bonds. The highest BCUT2D eigenvalue weighted by atomic mass is 32.2. The van der Waals surface area contributed by atoms with Crippen molar-refractivity contribution in [1.82, 2.24) is 4.72 Å². The summed E-state index contributed by atoms with van der Waals surface area (Å²) in [5.41, 5.74) is 1.09. The number of carbonyl (C=O) groups excluding carboxylic acids is 1. The molecule has 0 aromatic heterocycles. The van der Waals surface area contributed by atoms with E-state index < -0.39 is 16.0 Å². The Bertz CT molecular complexity index is 653. The Balaban J connectivity index is 1.63. The highest BCUT2D eigenvalue weighted by molar-refractivity contribution is 7.88.